The van der Waals surface area contributed by atoms with Crippen LogP contribution in [0.25, 0.3) is 5.82 Å². The summed E-state index contributed by atoms with van der Waals surface area (Å²) in [7, 11) is 0. The number of hydrogen-bond donors (Lipinski definition) is 3. The molecule has 2 aromatic rings. The van der Waals surface area contributed by atoms with Crippen molar-refractivity contribution >= 4 is 5.91 Å². The number of rotatable bonds is 6. The summed E-state index contributed by atoms with van der Waals surface area (Å²) in [5.41, 5.74) is 0.995. The average molecular weight is 359 g/mol. The van der Waals surface area contributed by atoms with Crippen molar-refractivity contribution in [1.29, 1.82) is 0 Å². The third kappa shape index (κ3) is 2.55. The number of aliphatic hydroxyl groups excluding tert-OH is 2. The molecule has 26 heavy (non-hydrogen) atoms. The van der Waals surface area contributed by atoms with Crippen LogP contribution in [0.1, 0.15) is 47.4 Å². The number of carbonyl (C=O) groups excluding carboxylic acids is 1. The lowest BCUT2D eigenvalue weighted by Crippen LogP contribution is -2.54. The van der Waals surface area contributed by atoms with Gasteiger partial charge < -0.3 is 20.7 Å². The normalized spacial score (nSPS) is 20.6. The smallest absolute Gasteiger partial charge is 0.272 e. The largest absolute Gasteiger partial charge is 0.619 e. The second-order valence-corrected chi connectivity index (χ2v) is 7.11. The molecule has 2 aromatic heterocycles. The lowest BCUT2D eigenvalue weighted by molar-refractivity contribution is -0.605. The summed E-state index contributed by atoms with van der Waals surface area (Å²) >= 11 is 0. The standard InChI is InChI=1S/C17H21N5O4/c1-2-17(8-23,9-24)19-16(25)14-12-6-10-5-11(10)15(12)22(20-14)13-7-21(26)4-3-18-13/h3-4,7,10-11,23-24H,2,5-6,8-9H2,1H3,(H,19,25)/t10-,11-/m1/s1. The van der Waals surface area contributed by atoms with Crippen LogP contribution < -0.4 is 10.0 Å². The molecule has 138 valence electrons. The Labute approximate surface area is 149 Å². The minimum atomic E-state index is -1.09. The molecule has 0 spiro atoms. The summed E-state index contributed by atoms with van der Waals surface area (Å²) < 4.78 is 2.23. The fourth-order valence-electron chi connectivity index (χ4n) is 3.69. The molecule has 0 unspecified atom stereocenters. The van der Waals surface area contributed by atoms with Crippen LogP contribution in [0.3, 0.4) is 0 Å². The quantitative estimate of drug-likeness (QED) is 0.468. The first-order valence-electron chi connectivity index (χ1n) is 8.73. The number of aliphatic hydroxyl groups is 2. The van der Waals surface area contributed by atoms with Crippen LogP contribution in [0.2, 0.25) is 0 Å². The summed E-state index contributed by atoms with van der Waals surface area (Å²) in [4.78, 5) is 17.0. The maximum atomic E-state index is 12.8. The summed E-state index contributed by atoms with van der Waals surface area (Å²) in [5, 5.41) is 37.9. The van der Waals surface area contributed by atoms with E-state index in [-0.39, 0.29) is 18.9 Å². The van der Waals surface area contributed by atoms with Gasteiger partial charge in [-0.05, 0) is 25.2 Å². The molecule has 0 bridgehead atoms. The van der Waals surface area contributed by atoms with Crippen molar-refractivity contribution < 1.29 is 19.7 Å². The maximum Gasteiger partial charge on any atom is 0.272 e. The Bertz CT molecular complexity index is 853. The van der Waals surface area contributed by atoms with E-state index >= 15 is 0 Å². The molecule has 0 radical (unpaired) electrons. The van der Waals surface area contributed by atoms with Gasteiger partial charge in [-0.1, -0.05) is 6.92 Å². The Morgan fingerprint density at radius 3 is 2.92 bits per heavy atom. The molecule has 2 aliphatic carbocycles. The molecular weight excluding hydrogens is 338 g/mol. The maximum absolute atomic E-state index is 12.8. The summed E-state index contributed by atoms with van der Waals surface area (Å²) in [5.74, 6) is 0.789. The van der Waals surface area contributed by atoms with E-state index in [1.54, 1.807) is 11.6 Å². The van der Waals surface area contributed by atoms with E-state index < -0.39 is 11.4 Å². The number of amides is 1. The monoisotopic (exact) mass is 359 g/mol. The molecule has 4 rings (SSSR count). The predicted molar refractivity (Wildman–Crippen MR) is 89.5 cm³/mol. The van der Waals surface area contributed by atoms with Crippen LogP contribution in [-0.4, -0.2) is 49.6 Å². The van der Waals surface area contributed by atoms with E-state index in [1.165, 1.54) is 18.6 Å². The lowest BCUT2D eigenvalue weighted by atomic mass is 9.98. The zero-order valence-corrected chi connectivity index (χ0v) is 14.4. The molecule has 1 fully saturated rings. The number of aromatic nitrogens is 4. The first-order valence-corrected chi connectivity index (χ1v) is 8.73. The molecule has 0 saturated heterocycles. The average Bonchev–Trinajstić information content (AvgIpc) is 3.15. The van der Waals surface area contributed by atoms with Gasteiger partial charge in [0, 0.05) is 11.5 Å². The number of nitrogens with zero attached hydrogens (tertiary/aromatic N) is 4. The zero-order chi connectivity index (χ0) is 18.5. The summed E-state index contributed by atoms with van der Waals surface area (Å²) in [6.07, 6.45) is 6.22. The van der Waals surface area contributed by atoms with Crippen molar-refractivity contribution in [3.05, 3.63) is 40.7 Å². The molecule has 2 aliphatic rings. The van der Waals surface area contributed by atoms with Gasteiger partial charge in [-0.2, -0.15) is 9.83 Å². The molecule has 3 N–H and O–H groups in total. The van der Waals surface area contributed by atoms with Gasteiger partial charge in [0.2, 0.25) is 12.0 Å². The van der Waals surface area contributed by atoms with Gasteiger partial charge in [-0.15, -0.1) is 0 Å². The lowest BCUT2D eigenvalue weighted by Gasteiger charge is -2.29. The van der Waals surface area contributed by atoms with Crippen LogP contribution in [0.4, 0.5) is 0 Å². The minimum absolute atomic E-state index is 0.273. The van der Waals surface area contributed by atoms with Crippen LogP contribution in [0.15, 0.2) is 18.6 Å². The van der Waals surface area contributed by atoms with Crippen molar-refractivity contribution in [1.82, 2.24) is 20.1 Å². The van der Waals surface area contributed by atoms with Gasteiger partial charge in [0.05, 0.1) is 30.6 Å². The third-order valence-corrected chi connectivity index (χ3v) is 5.52. The van der Waals surface area contributed by atoms with Crippen LogP contribution in [0, 0.1) is 11.1 Å². The first kappa shape index (κ1) is 16.9. The molecule has 0 aromatic carbocycles. The minimum Gasteiger partial charge on any atom is -0.619 e. The van der Waals surface area contributed by atoms with Gasteiger partial charge in [0.25, 0.3) is 5.91 Å². The Morgan fingerprint density at radius 1 is 1.50 bits per heavy atom. The highest BCUT2D eigenvalue weighted by atomic mass is 16.5. The molecule has 0 aliphatic heterocycles. The topological polar surface area (TPSA) is 127 Å². The fraction of sp³-hybridized carbons (Fsp3) is 0.529. The first-order chi connectivity index (χ1) is 12.5. The van der Waals surface area contributed by atoms with Gasteiger partial charge in [0.1, 0.15) is 0 Å². The van der Waals surface area contributed by atoms with Gasteiger partial charge >= 0.3 is 0 Å². The Hall–Kier alpha value is -2.52. The predicted octanol–water partition coefficient (Wildman–Crippen LogP) is -0.576. The van der Waals surface area contributed by atoms with Crippen molar-refractivity contribution in [2.75, 3.05) is 13.2 Å². The highest BCUT2D eigenvalue weighted by Gasteiger charge is 2.50. The fourth-order valence-corrected chi connectivity index (χ4v) is 3.69. The van der Waals surface area contributed by atoms with E-state index in [4.69, 9.17) is 0 Å². The van der Waals surface area contributed by atoms with Gasteiger partial charge in [-0.3, -0.25) is 4.79 Å². The van der Waals surface area contributed by atoms with E-state index in [0.29, 0.717) is 28.8 Å². The van der Waals surface area contributed by atoms with Crippen molar-refractivity contribution in [2.24, 2.45) is 5.92 Å². The van der Waals surface area contributed by atoms with E-state index in [2.05, 4.69) is 15.4 Å². The third-order valence-electron chi connectivity index (χ3n) is 5.52. The summed E-state index contributed by atoms with van der Waals surface area (Å²) in [6, 6.07) is 0. The van der Waals surface area contributed by atoms with Gasteiger partial charge in [-0.25, -0.2) is 9.67 Å². The molecule has 2 atom stereocenters. The van der Waals surface area contributed by atoms with E-state index in [9.17, 15) is 20.2 Å². The SMILES string of the molecule is CCC(CO)(CO)NC(=O)c1nn(-c2c[n+]([O-])ccn2)c2c1C[C@H]1C[C@@H]21. The highest BCUT2D eigenvalue weighted by Crippen LogP contribution is 2.57. The zero-order valence-electron chi connectivity index (χ0n) is 14.4. The van der Waals surface area contributed by atoms with Crippen LogP contribution in [-0.2, 0) is 6.42 Å². The molecule has 2 heterocycles. The van der Waals surface area contributed by atoms with E-state index in [1.807, 2.05) is 0 Å². The molecule has 1 saturated carbocycles. The summed E-state index contributed by atoms with van der Waals surface area (Å²) in [6.45, 7) is 1.05. The highest BCUT2D eigenvalue weighted by molar-refractivity contribution is 5.95. The van der Waals surface area contributed by atoms with E-state index in [0.717, 1.165) is 24.1 Å². The number of carbonyl (C=O) groups is 1. The molecule has 1 amide bonds. The number of nitrogens with one attached hydrogen (secondary N) is 1. The van der Waals surface area contributed by atoms with Crippen LogP contribution >= 0.6 is 0 Å². The van der Waals surface area contributed by atoms with Gasteiger partial charge in [0.15, 0.2) is 11.9 Å². The number of hydrogen-bond acceptors (Lipinski definition) is 6. The Kier molecular flexibility index (Phi) is 3.92. The second kappa shape index (κ2) is 6.03. The van der Waals surface area contributed by atoms with Crippen LogP contribution in [0.5, 0.6) is 0 Å². The van der Waals surface area contributed by atoms with Crippen molar-refractivity contribution in [3.63, 3.8) is 0 Å². The Morgan fingerprint density at radius 2 is 2.27 bits per heavy atom. The Balaban J connectivity index is 1.73. The van der Waals surface area contributed by atoms with Crippen molar-refractivity contribution in [3.8, 4) is 5.82 Å². The number of fused-ring (bicyclic) bond motifs is 3. The van der Waals surface area contributed by atoms with Crippen molar-refractivity contribution in [2.45, 2.75) is 37.6 Å². The molecular formula is C17H21N5O4. The molecule has 9 heteroatoms. The molecule has 9 nitrogen and oxygen atoms in total. The second-order valence-electron chi connectivity index (χ2n) is 7.11.